The number of ether oxygens (including phenoxy) is 3. The van der Waals surface area contributed by atoms with E-state index >= 15 is 0 Å². The number of nitrogens with two attached hydrogens (primary N) is 1. The number of hydrogen-bond donors (Lipinski definition) is 1. The Morgan fingerprint density at radius 2 is 1.81 bits per heavy atom. The lowest BCUT2D eigenvalue weighted by Crippen LogP contribution is -2.39. The summed E-state index contributed by atoms with van der Waals surface area (Å²) in [6.07, 6.45) is 1.80. The molecule has 0 saturated heterocycles. The van der Waals surface area contributed by atoms with Crippen LogP contribution in [-0.2, 0) is 19.4 Å². The molecule has 1 amide bonds. The van der Waals surface area contributed by atoms with Gasteiger partial charge in [0.15, 0.2) is 11.5 Å². The molecule has 0 bridgehead atoms. The summed E-state index contributed by atoms with van der Waals surface area (Å²) in [6.45, 7) is 1.68. The maximum atomic E-state index is 11.7. The molecule has 142 valence electrons. The summed E-state index contributed by atoms with van der Waals surface area (Å²) >= 11 is 0. The van der Waals surface area contributed by atoms with Gasteiger partial charge in [0.2, 0.25) is 0 Å². The van der Waals surface area contributed by atoms with E-state index in [1.165, 1.54) is 16.7 Å². The second-order valence-corrected chi connectivity index (χ2v) is 6.99. The zero-order valence-electron chi connectivity index (χ0n) is 15.9. The Labute approximate surface area is 158 Å². The first kappa shape index (κ1) is 17.7. The van der Waals surface area contributed by atoms with Gasteiger partial charge in [0, 0.05) is 24.7 Å². The molecule has 6 nitrogen and oxygen atoms in total. The average molecular weight is 368 g/mol. The minimum absolute atomic E-state index is 0.269. The zero-order valence-corrected chi connectivity index (χ0v) is 15.9. The van der Waals surface area contributed by atoms with Crippen molar-refractivity contribution < 1.29 is 19.0 Å². The van der Waals surface area contributed by atoms with Gasteiger partial charge < -0.3 is 19.9 Å². The molecule has 2 aromatic carbocycles. The number of carbonyl (C=O) groups is 1. The van der Waals surface area contributed by atoms with Crippen molar-refractivity contribution >= 4 is 5.91 Å². The maximum Gasteiger partial charge on any atom is 0.252 e. The van der Waals surface area contributed by atoms with Crippen molar-refractivity contribution in [2.75, 3.05) is 27.9 Å². The lowest BCUT2D eigenvalue weighted by atomic mass is 9.83. The zero-order chi connectivity index (χ0) is 19.1. The molecular formula is C21H24N2O4. The van der Waals surface area contributed by atoms with Gasteiger partial charge in [-0.15, -0.1) is 0 Å². The molecule has 0 saturated carbocycles. The second-order valence-electron chi connectivity index (χ2n) is 6.99. The highest BCUT2D eigenvalue weighted by Crippen LogP contribution is 2.44. The van der Waals surface area contributed by atoms with Crippen LogP contribution in [0.3, 0.4) is 0 Å². The number of primary amides is 1. The molecule has 6 heteroatoms. The SMILES string of the molecule is COc1cc2c(cc1OC)[C@@H]1Cc3ccc(C(N)=O)c(OC)c3CN1CC2. The van der Waals surface area contributed by atoms with Crippen LogP contribution < -0.4 is 19.9 Å². The van der Waals surface area contributed by atoms with Crippen molar-refractivity contribution in [1.82, 2.24) is 4.90 Å². The van der Waals surface area contributed by atoms with Crippen molar-refractivity contribution in [2.24, 2.45) is 5.73 Å². The summed E-state index contributed by atoms with van der Waals surface area (Å²) in [5.74, 6) is 1.67. The lowest BCUT2D eigenvalue weighted by Gasteiger charge is -2.42. The highest BCUT2D eigenvalue weighted by molar-refractivity contribution is 5.96. The monoisotopic (exact) mass is 368 g/mol. The van der Waals surface area contributed by atoms with Gasteiger partial charge in [0.25, 0.3) is 5.91 Å². The van der Waals surface area contributed by atoms with Crippen molar-refractivity contribution in [3.63, 3.8) is 0 Å². The van der Waals surface area contributed by atoms with Crippen LogP contribution in [0.15, 0.2) is 24.3 Å². The highest BCUT2D eigenvalue weighted by atomic mass is 16.5. The number of methoxy groups -OCH3 is 3. The number of benzene rings is 2. The number of fused-ring (bicyclic) bond motifs is 4. The Kier molecular flexibility index (Phi) is 4.44. The van der Waals surface area contributed by atoms with Gasteiger partial charge in [-0.2, -0.15) is 0 Å². The number of hydrogen-bond acceptors (Lipinski definition) is 5. The van der Waals surface area contributed by atoms with E-state index in [0.29, 0.717) is 11.3 Å². The highest BCUT2D eigenvalue weighted by Gasteiger charge is 2.35. The van der Waals surface area contributed by atoms with Gasteiger partial charge in [-0.3, -0.25) is 9.69 Å². The summed E-state index contributed by atoms with van der Waals surface area (Å²) in [5.41, 5.74) is 10.8. The van der Waals surface area contributed by atoms with E-state index in [0.717, 1.165) is 43.0 Å². The largest absolute Gasteiger partial charge is 0.496 e. The van der Waals surface area contributed by atoms with Gasteiger partial charge in [0.1, 0.15) is 5.75 Å². The van der Waals surface area contributed by atoms with Gasteiger partial charge >= 0.3 is 0 Å². The van der Waals surface area contributed by atoms with E-state index in [1.807, 2.05) is 6.07 Å². The van der Waals surface area contributed by atoms with E-state index in [2.05, 4.69) is 17.0 Å². The summed E-state index contributed by atoms with van der Waals surface area (Å²) in [6, 6.07) is 8.24. The summed E-state index contributed by atoms with van der Waals surface area (Å²) in [7, 11) is 4.92. The third-order valence-corrected chi connectivity index (χ3v) is 5.72. The molecule has 4 rings (SSSR count). The van der Waals surface area contributed by atoms with Crippen LogP contribution in [0.25, 0.3) is 0 Å². The lowest BCUT2D eigenvalue weighted by molar-refractivity contribution is 0.0996. The van der Waals surface area contributed by atoms with Crippen LogP contribution in [0, 0.1) is 0 Å². The predicted molar refractivity (Wildman–Crippen MR) is 102 cm³/mol. The van der Waals surface area contributed by atoms with E-state index < -0.39 is 5.91 Å². The normalized spacial score (nSPS) is 18.1. The van der Waals surface area contributed by atoms with Crippen LogP contribution in [0.4, 0.5) is 0 Å². The van der Waals surface area contributed by atoms with Crippen LogP contribution in [-0.4, -0.2) is 38.7 Å². The minimum atomic E-state index is -0.461. The quantitative estimate of drug-likeness (QED) is 0.897. The molecule has 0 aliphatic carbocycles. The first-order chi connectivity index (χ1) is 13.1. The fraction of sp³-hybridized carbons (Fsp3) is 0.381. The van der Waals surface area contributed by atoms with Gasteiger partial charge in [-0.05, 0) is 47.7 Å². The topological polar surface area (TPSA) is 74.0 Å². The van der Waals surface area contributed by atoms with Crippen molar-refractivity contribution in [1.29, 1.82) is 0 Å². The molecule has 0 spiro atoms. The molecule has 2 aliphatic heterocycles. The van der Waals surface area contributed by atoms with E-state index in [1.54, 1.807) is 27.4 Å². The molecule has 2 aromatic rings. The van der Waals surface area contributed by atoms with E-state index in [-0.39, 0.29) is 6.04 Å². The summed E-state index contributed by atoms with van der Waals surface area (Å²) < 4.78 is 16.5. The number of rotatable bonds is 4. The smallest absolute Gasteiger partial charge is 0.252 e. The fourth-order valence-corrected chi connectivity index (χ4v) is 4.38. The molecule has 2 heterocycles. The van der Waals surface area contributed by atoms with Crippen LogP contribution in [0.1, 0.15) is 38.7 Å². The molecule has 2 N–H and O–H groups in total. The standard InChI is InChI=1S/C21H24N2O4/c1-25-18-9-13-6-7-23-11-16-12(4-5-14(21(22)24)20(16)27-3)8-17(23)15(13)10-19(18)26-2/h4-5,9-10,17H,6-8,11H2,1-3H3,(H2,22,24)/t17-/m0/s1. The van der Waals surface area contributed by atoms with E-state index in [9.17, 15) is 4.79 Å². The first-order valence-electron chi connectivity index (χ1n) is 9.04. The molecule has 1 atom stereocenters. The first-order valence-corrected chi connectivity index (χ1v) is 9.04. The number of amides is 1. The molecule has 0 fully saturated rings. The van der Waals surface area contributed by atoms with Crippen molar-refractivity contribution in [2.45, 2.75) is 25.4 Å². The molecule has 27 heavy (non-hydrogen) atoms. The third kappa shape index (κ3) is 2.80. The van der Waals surface area contributed by atoms with Crippen molar-refractivity contribution in [3.8, 4) is 17.2 Å². The van der Waals surface area contributed by atoms with Gasteiger partial charge in [-0.1, -0.05) is 6.07 Å². The minimum Gasteiger partial charge on any atom is -0.496 e. The Bertz CT molecular complexity index is 910. The molecule has 0 radical (unpaired) electrons. The summed E-state index contributed by atoms with van der Waals surface area (Å²) in [5, 5.41) is 0. The average Bonchev–Trinajstić information content (AvgIpc) is 2.69. The Hall–Kier alpha value is -2.73. The summed E-state index contributed by atoms with van der Waals surface area (Å²) in [4.78, 5) is 14.2. The molecule has 0 unspecified atom stereocenters. The number of nitrogens with zero attached hydrogens (tertiary/aromatic N) is 1. The van der Waals surface area contributed by atoms with Gasteiger partial charge in [-0.25, -0.2) is 0 Å². The Morgan fingerprint density at radius 3 is 2.48 bits per heavy atom. The van der Waals surface area contributed by atoms with Crippen LogP contribution >= 0.6 is 0 Å². The number of carbonyl (C=O) groups excluding carboxylic acids is 1. The predicted octanol–water partition coefficient (Wildman–Crippen LogP) is 2.47. The fourth-order valence-electron chi connectivity index (χ4n) is 4.38. The van der Waals surface area contributed by atoms with Crippen molar-refractivity contribution in [3.05, 3.63) is 52.1 Å². The molecule has 2 aliphatic rings. The maximum absolute atomic E-state index is 11.7. The second kappa shape index (κ2) is 6.78. The molecular weight excluding hydrogens is 344 g/mol. The van der Waals surface area contributed by atoms with E-state index in [4.69, 9.17) is 19.9 Å². The van der Waals surface area contributed by atoms with Gasteiger partial charge in [0.05, 0.1) is 26.9 Å². The Morgan fingerprint density at radius 1 is 1.07 bits per heavy atom. The Balaban J connectivity index is 1.77. The molecule has 0 aromatic heterocycles. The third-order valence-electron chi connectivity index (χ3n) is 5.72. The van der Waals surface area contributed by atoms with Crippen LogP contribution in [0.2, 0.25) is 0 Å². The van der Waals surface area contributed by atoms with Crippen LogP contribution in [0.5, 0.6) is 17.2 Å².